The number of hydrogen-bond donors (Lipinski definition) is 1. The number of carbonyl (C=O) groups excluding carboxylic acids is 1. The lowest BCUT2D eigenvalue weighted by molar-refractivity contribution is -0.140. The predicted octanol–water partition coefficient (Wildman–Crippen LogP) is 1.51. The molecule has 0 spiro atoms. The quantitative estimate of drug-likeness (QED) is 0.790. The van der Waals surface area contributed by atoms with E-state index in [-0.39, 0.29) is 18.1 Å². The van der Waals surface area contributed by atoms with Gasteiger partial charge in [-0.3, -0.25) is 4.79 Å². The van der Waals surface area contributed by atoms with Crippen molar-refractivity contribution in [1.82, 2.24) is 0 Å². The summed E-state index contributed by atoms with van der Waals surface area (Å²) in [5, 5.41) is 9.74. The lowest BCUT2D eigenvalue weighted by atomic mass is 10.1. The van der Waals surface area contributed by atoms with Gasteiger partial charge in [-0.1, -0.05) is 0 Å². The molecule has 0 heterocycles. The Bertz CT molecular complexity index is 400. The minimum Gasteiger partial charge on any atom is -0.508 e. The van der Waals surface area contributed by atoms with Crippen LogP contribution in [0.2, 0.25) is 0 Å². The fraction of sp³-hybridized carbons (Fsp3) is 0.417. The first-order valence-corrected chi connectivity index (χ1v) is 5.13. The summed E-state index contributed by atoms with van der Waals surface area (Å²) < 4.78 is 14.7. The highest BCUT2D eigenvalue weighted by atomic mass is 16.5. The summed E-state index contributed by atoms with van der Waals surface area (Å²) >= 11 is 0. The van der Waals surface area contributed by atoms with Gasteiger partial charge in [0.2, 0.25) is 0 Å². The topological polar surface area (TPSA) is 65.0 Å². The molecule has 0 saturated heterocycles. The molecule has 0 aromatic heterocycles. The molecular weight excluding hydrogens is 224 g/mol. The molecule has 1 N–H and O–H groups in total. The molecule has 0 fully saturated rings. The van der Waals surface area contributed by atoms with Crippen LogP contribution in [0.3, 0.4) is 0 Å². The first kappa shape index (κ1) is 13.2. The van der Waals surface area contributed by atoms with Crippen LogP contribution in [-0.4, -0.2) is 32.4 Å². The number of benzene rings is 1. The number of phenolic OH excluding ortho intramolecular Hbond substituents is 1. The minimum absolute atomic E-state index is 0.0755. The van der Waals surface area contributed by atoms with E-state index in [4.69, 9.17) is 9.47 Å². The fourth-order valence-electron chi connectivity index (χ4n) is 1.45. The van der Waals surface area contributed by atoms with Gasteiger partial charge >= 0.3 is 5.97 Å². The van der Waals surface area contributed by atoms with Gasteiger partial charge in [0, 0.05) is 12.5 Å². The van der Waals surface area contributed by atoms with Gasteiger partial charge in [0.05, 0.1) is 21.3 Å². The average molecular weight is 240 g/mol. The van der Waals surface area contributed by atoms with Gasteiger partial charge in [-0.15, -0.1) is 0 Å². The Kier molecular flexibility index (Phi) is 4.63. The summed E-state index contributed by atoms with van der Waals surface area (Å²) in [4.78, 5) is 11.0. The van der Waals surface area contributed by atoms with E-state index >= 15 is 0 Å². The fourth-order valence-corrected chi connectivity index (χ4v) is 1.45. The van der Waals surface area contributed by atoms with Crippen molar-refractivity contribution in [3.63, 3.8) is 0 Å². The third-order valence-electron chi connectivity index (χ3n) is 2.41. The van der Waals surface area contributed by atoms with Gasteiger partial charge in [0.15, 0.2) is 11.5 Å². The summed E-state index contributed by atoms with van der Waals surface area (Å²) in [6, 6.07) is 3.11. The molecule has 0 radical (unpaired) electrons. The Morgan fingerprint density at radius 2 is 1.76 bits per heavy atom. The zero-order valence-electron chi connectivity index (χ0n) is 10.1. The minimum atomic E-state index is -0.320. The largest absolute Gasteiger partial charge is 0.508 e. The summed E-state index contributed by atoms with van der Waals surface area (Å²) in [6.07, 6.45) is 0.596. The van der Waals surface area contributed by atoms with Gasteiger partial charge in [-0.2, -0.15) is 0 Å². The highest BCUT2D eigenvalue weighted by molar-refractivity contribution is 5.69. The second-order valence-corrected chi connectivity index (χ2v) is 3.41. The maximum Gasteiger partial charge on any atom is 0.305 e. The molecule has 17 heavy (non-hydrogen) atoms. The van der Waals surface area contributed by atoms with Gasteiger partial charge in [0.1, 0.15) is 5.75 Å². The number of methoxy groups -OCH3 is 3. The van der Waals surface area contributed by atoms with E-state index in [1.807, 2.05) is 0 Å². The van der Waals surface area contributed by atoms with Crippen molar-refractivity contribution >= 4 is 5.97 Å². The number of ether oxygens (including phenoxy) is 3. The van der Waals surface area contributed by atoms with E-state index in [0.717, 1.165) is 0 Å². The van der Waals surface area contributed by atoms with Crippen molar-refractivity contribution in [3.05, 3.63) is 17.7 Å². The molecular formula is C12H16O5. The predicted molar refractivity (Wildman–Crippen MR) is 61.5 cm³/mol. The lowest BCUT2D eigenvalue weighted by Crippen LogP contribution is -2.02. The molecule has 1 aromatic rings. The number of aryl methyl sites for hydroxylation is 1. The molecule has 0 aliphatic rings. The molecule has 0 aliphatic carbocycles. The molecule has 0 unspecified atom stereocenters. The first-order valence-electron chi connectivity index (χ1n) is 5.13. The number of phenols is 1. The Morgan fingerprint density at radius 3 is 2.29 bits per heavy atom. The van der Waals surface area contributed by atoms with Gasteiger partial charge in [-0.05, 0) is 18.1 Å². The molecule has 1 aromatic carbocycles. The number of carbonyl (C=O) groups is 1. The van der Waals surface area contributed by atoms with E-state index < -0.39 is 0 Å². The lowest BCUT2D eigenvalue weighted by Gasteiger charge is -2.11. The third kappa shape index (κ3) is 3.27. The van der Waals surface area contributed by atoms with Crippen molar-refractivity contribution < 1.29 is 24.1 Å². The normalized spacial score (nSPS) is 9.82. The van der Waals surface area contributed by atoms with Crippen molar-refractivity contribution in [2.75, 3.05) is 21.3 Å². The Balaban J connectivity index is 2.89. The summed E-state index contributed by atoms with van der Waals surface area (Å²) in [6.45, 7) is 0. The summed E-state index contributed by atoms with van der Waals surface area (Å²) in [5.41, 5.74) is 0.619. The summed E-state index contributed by atoms with van der Waals surface area (Å²) in [5.74, 6) is 0.725. The van der Waals surface area contributed by atoms with Crippen molar-refractivity contribution in [2.45, 2.75) is 12.8 Å². The van der Waals surface area contributed by atoms with Crippen LogP contribution < -0.4 is 9.47 Å². The van der Waals surface area contributed by atoms with E-state index in [2.05, 4.69) is 4.74 Å². The van der Waals surface area contributed by atoms with Crippen LogP contribution >= 0.6 is 0 Å². The Hall–Kier alpha value is -1.91. The number of esters is 1. The van der Waals surface area contributed by atoms with Crippen molar-refractivity contribution in [2.24, 2.45) is 0 Å². The van der Waals surface area contributed by atoms with E-state index in [1.165, 1.54) is 27.4 Å². The molecule has 0 aliphatic heterocycles. The zero-order valence-corrected chi connectivity index (χ0v) is 10.1. The number of rotatable bonds is 5. The highest BCUT2D eigenvalue weighted by Crippen LogP contribution is 2.34. The second-order valence-electron chi connectivity index (χ2n) is 3.41. The van der Waals surface area contributed by atoms with E-state index in [1.54, 1.807) is 6.07 Å². The molecule has 0 atom stereocenters. The SMILES string of the molecule is COC(=O)CCc1cc(OC)c(OC)cc1O. The van der Waals surface area contributed by atoms with Crippen LogP contribution in [0.5, 0.6) is 17.2 Å². The van der Waals surface area contributed by atoms with Gasteiger partial charge in [-0.25, -0.2) is 0 Å². The van der Waals surface area contributed by atoms with Crippen LogP contribution in [0.15, 0.2) is 12.1 Å². The molecule has 0 bridgehead atoms. The van der Waals surface area contributed by atoms with Crippen LogP contribution in [0.4, 0.5) is 0 Å². The molecule has 0 saturated carbocycles. The first-order chi connectivity index (χ1) is 8.12. The third-order valence-corrected chi connectivity index (χ3v) is 2.41. The van der Waals surface area contributed by atoms with Crippen molar-refractivity contribution in [1.29, 1.82) is 0 Å². The number of aromatic hydroxyl groups is 1. The monoisotopic (exact) mass is 240 g/mol. The van der Waals surface area contributed by atoms with Crippen LogP contribution in [-0.2, 0) is 16.0 Å². The molecule has 94 valence electrons. The smallest absolute Gasteiger partial charge is 0.305 e. The molecule has 5 heteroatoms. The zero-order chi connectivity index (χ0) is 12.8. The Morgan fingerprint density at radius 1 is 1.18 bits per heavy atom. The average Bonchev–Trinajstić information content (AvgIpc) is 2.36. The van der Waals surface area contributed by atoms with Crippen LogP contribution in [0.25, 0.3) is 0 Å². The van der Waals surface area contributed by atoms with Gasteiger partial charge in [0.25, 0.3) is 0 Å². The highest BCUT2D eigenvalue weighted by Gasteiger charge is 2.11. The molecule has 1 rings (SSSR count). The molecule has 5 nitrogen and oxygen atoms in total. The van der Waals surface area contributed by atoms with E-state index in [0.29, 0.717) is 23.5 Å². The standard InChI is InChI=1S/C12H16O5/c1-15-10-6-8(4-5-12(14)17-3)9(13)7-11(10)16-2/h6-7,13H,4-5H2,1-3H3. The molecule has 0 amide bonds. The number of hydrogen-bond acceptors (Lipinski definition) is 5. The summed E-state index contributed by atoms with van der Waals surface area (Å²) in [7, 11) is 4.33. The maximum absolute atomic E-state index is 11.0. The maximum atomic E-state index is 11.0. The van der Waals surface area contributed by atoms with E-state index in [9.17, 15) is 9.90 Å². The van der Waals surface area contributed by atoms with Crippen LogP contribution in [0, 0.1) is 0 Å². The second kappa shape index (κ2) is 5.98. The van der Waals surface area contributed by atoms with Gasteiger partial charge < -0.3 is 19.3 Å². The van der Waals surface area contributed by atoms with Crippen LogP contribution in [0.1, 0.15) is 12.0 Å². The van der Waals surface area contributed by atoms with Crippen molar-refractivity contribution in [3.8, 4) is 17.2 Å². The Labute approximate surface area is 99.9 Å².